The Labute approximate surface area is 433 Å². The van der Waals surface area contributed by atoms with Crippen LogP contribution in [-0.4, -0.2) is 0 Å². The van der Waals surface area contributed by atoms with Gasteiger partial charge in [0.25, 0.3) is 0 Å². The molecule has 0 heterocycles. The smallest absolute Gasteiger partial charge is 0.0124 e. The van der Waals surface area contributed by atoms with Crippen molar-refractivity contribution in [3.05, 3.63) is 254 Å². The van der Waals surface area contributed by atoms with Crippen LogP contribution in [0.3, 0.4) is 0 Å². The van der Waals surface area contributed by atoms with Gasteiger partial charge in [-0.3, -0.25) is 0 Å². The fourth-order valence-electron chi connectivity index (χ4n) is 11.9. The topological polar surface area (TPSA) is 0 Å². The van der Waals surface area contributed by atoms with E-state index < -0.39 is 0 Å². The van der Waals surface area contributed by atoms with E-state index in [0.29, 0.717) is 11.8 Å². The lowest BCUT2D eigenvalue weighted by atomic mass is 9.76. The molecule has 0 saturated carbocycles. The molecular formula is C72H76. The molecule has 2 unspecified atom stereocenters. The summed E-state index contributed by atoms with van der Waals surface area (Å²) in [6.45, 7) is 20.6. The normalized spacial score (nSPS) is 16.8. The second-order valence-electron chi connectivity index (χ2n) is 21.5. The van der Waals surface area contributed by atoms with E-state index in [2.05, 4.69) is 250 Å². The maximum Gasteiger partial charge on any atom is 0.0124 e. The summed E-state index contributed by atoms with van der Waals surface area (Å²) in [5, 5.41) is 2.74. The van der Waals surface area contributed by atoms with E-state index in [9.17, 15) is 0 Å². The highest BCUT2D eigenvalue weighted by Gasteiger charge is 2.36. The van der Waals surface area contributed by atoms with Crippen molar-refractivity contribution in [3.63, 3.8) is 0 Å². The predicted molar refractivity (Wildman–Crippen MR) is 315 cm³/mol. The molecule has 4 aliphatic carbocycles. The minimum absolute atomic E-state index is 0.115. The standard InChI is InChI=1S/C25H30.C24H24.C23H22/c1-5-9-20(4)25-23(21-16-14-18(2)15-17-21)12-8-13-24(25)22-11-7-6-10-19(22)3;1-3-7-18-12-14-19(15-13-18)24-16-23-17(2)8-6-11-21(23)20-9-4-5-10-22(20)24;1-16-9-12-20-19-13-10-18(17-7-5-4-6-8-17)11-14-21(19)23(2,3)22(20)15-16/h6-7,10-12,14-17,20H,5,8-9,13H2,1-4H3;4-6,9-17H,3,7-8H2,1-2H3;4-13,15H,14H2,1-3H3. The summed E-state index contributed by atoms with van der Waals surface area (Å²) in [6, 6.07) is 55.9. The molecular weight excluding hydrogens is 865 g/mol. The summed E-state index contributed by atoms with van der Waals surface area (Å²) >= 11 is 0. The van der Waals surface area contributed by atoms with Gasteiger partial charge in [0.05, 0.1) is 0 Å². The van der Waals surface area contributed by atoms with Crippen molar-refractivity contribution in [2.45, 2.75) is 125 Å². The van der Waals surface area contributed by atoms with Gasteiger partial charge < -0.3 is 0 Å². The second-order valence-corrected chi connectivity index (χ2v) is 21.5. The van der Waals surface area contributed by atoms with Crippen LogP contribution < -0.4 is 0 Å². The maximum absolute atomic E-state index is 2.47. The highest BCUT2D eigenvalue weighted by atomic mass is 14.4. The Morgan fingerprint density at radius 2 is 1.31 bits per heavy atom. The molecule has 0 aliphatic heterocycles. The SMILES string of the molecule is CCCC(C)C1=C(c2ccccc2C)CCC=C1c1ccc(C)cc1.CCCc1ccc(-c2cc3c(c4ccccc24)C=CCC3C)cc1.Cc1ccc2c(c1)C(C)(C)C1=C2C=CC(c2ccccc2)=CC1. The van der Waals surface area contributed by atoms with E-state index in [1.165, 1.54) is 119 Å². The van der Waals surface area contributed by atoms with Crippen LogP contribution in [0.1, 0.15) is 154 Å². The van der Waals surface area contributed by atoms with Gasteiger partial charge in [-0.05, 0) is 183 Å². The number of rotatable bonds is 9. The highest BCUT2D eigenvalue weighted by Crippen LogP contribution is 2.50. The van der Waals surface area contributed by atoms with Crippen LogP contribution in [0.15, 0.2) is 193 Å². The van der Waals surface area contributed by atoms with Crippen LogP contribution in [0.25, 0.3) is 50.3 Å². The number of hydrogen-bond donors (Lipinski definition) is 0. The van der Waals surface area contributed by atoms with Crippen molar-refractivity contribution in [2.24, 2.45) is 5.92 Å². The Kier molecular flexibility index (Phi) is 15.6. The van der Waals surface area contributed by atoms with Gasteiger partial charge in [-0.25, -0.2) is 0 Å². The Hall–Kier alpha value is -6.76. The zero-order chi connectivity index (χ0) is 50.4. The van der Waals surface area contributed by atoms with Crippen LogP contribution in [0.2, 0.25) is 0 Å². The van der Waals surface area contributed by atoms with E-state index in [1.54, 1.807) is 16.7 Å². The van der Waals surface area contributed by atoms with Gasteiger partial charge in [-0.15, -0.1) is 0 Å². The summed E-state index contributed by atoms with van der Waals surface area (Å²) in [5.74, 6) is 1.18. The molecule has 0 heteroatoms. The molecule has 0 fully saturated rings. The fourth-order valence-corrected chi connectivity index (χ4v) is 11.9. The first-order valence-corrected chi connectivity index (χ1v) is 27.1. The van der Waals surface area contributed by atoms with Crippen LogP contribution in [0, 0.1) is 26.7 Å². The van der Waals surface area contributed by atoms with Crippen molar-refractivity contribution in [2.75, 3.05) is 0 Å². The maximum atomic E-state index is 2.47. The largest absolute Gasteiger partial charge is 0.0833 e. The predicted octanol–water partition coefficient (Wildman–Crippen LogP) is 20.4. The number of benzene rings is 7. The van der Waals surface area contributed by atoms with Crippen molar-refractivity contribution < 1.29 is 0 Å². The molecule has 0 amide bonds. The first-order chi connectivity index (χ1) is 35.0. The average molecular weight is 941 g/mol. The summed E-state index contributed by atoms with van der Waals surface area (Å²) < 4.78 is 0. The van der Waals surface area contributed by atoms with Gasteiger partial charge >= 0.3 is 0 Å². The Morgan fingerprint density at radius 3 is 2.04 bits per heavy atom. The first kappa shape index (κ1) is 50.2. The molecule has 7 aromatic rings. The number of allylic oxidation sites excluding steroid dienone is 11. The summed E-state index contributed by atoms with van der Waals surface area (Å²) in [7, 11) is 0. The van der Waals surface area contributed by atoms with Crippen molar-refractivity contribution in [3.8, 4) is 11.1 Å². The Bertz CT molecular complexity index is 3240. The third kappa shape index (κ3) is 10.6. The van der Waals surface area contributed by atoms with Gasteiger partial charge in [0.1, 0.15) is 0 Å². The number of hydrogen-bond acceptors (Lipinski definition) is 0. The molecule has 2 atom stereocenters. The quantitative estimate of drug-likeness (QED) is 0.135. The van der Waals surface area contributed by atoms with Crippen LogP contribution in [-0.2, 0) is 11.8 Å². The third-order valence-corrected chi connectivity index (χ3v) is 15.9. The first-order valence-electron chi connectivity index (χ1n) is 27.1. The molecule has 364 valence electrons. The van der Waals surface area contributed by atoms with Gasteiger partial charge in [0.15, 0.2) is 0 Å². The Balaban J connectivity index is 0.000000133. The van der Waals surface area contributed by atoms with Gasteiger partial charge in [0.2, 0.25) is 0 Å². The molecule has 7 aromatic carbocycles. The third-order valence-electron chi connectivity index (χ3n) is 15.9. The summed E-state index contributed by atoms with van der Waals surface area (Å²) in [4.78, 5) is 0. The summed E-state index contributed by atoms with van der Waals surface area (Å²) in [5.41, 5.74) is 27.1. The number of fused-ring (bicyclic) bond motifs is 5. The van der Waals surface area contributed by atoms with Crippen LogP contribution >= 0.6 is 0 Å². The highest BCUT2D eigenvalue weighted by molar-refractivity contribution is 6.03. The van der Waals surface area contributed by atoms with E-state index in [0.717, 1.165) is 32.1 Å². The molecule has 0 radical (unpaired) electrons. The minimum atomic E-state index is 0.115. The molecule has 0 nitrogen and oxygen atoms in total. The van der Waals surface area contributed by atoms with Crippen molar-refractivity contribution >= 4 is 39.1 Å². The minimum Gasteiger partial charge on any atom is -0.0833 e. The van der Waals surface area contributed by atoms with Gasteiger partial charge in [-0.1, -0.05) is 248 Å². The van der Waals surface area contributed by atoms with Crippen molar-refractivity contribution in [1.29, 1.82) is 0 Å². The molecule has 11 rings (SSSR count). The van der Waals surface area contributed by atoms with Gasteiger partial charge in [-0.2, -0.15) is 0 Å². The van der Waals surface area contributed by atoms with E-state index in [1.807, 2.05) is 0 Å². The molecule has 0 N–H and O–H groups in total. The van der Waals surface area contributed by atoms with E-state index in [4.69, 9.17) is 0 Å². The lowest BCUT2D eigenvalue weighted by molar-refractivity contribution is 0.613. The second kappa shape index (κ2) is 22.3. The molecule has 0 spiro atoms. The van der Waals surface area contributed by atoms with Crippen LogP contribution in [0.4, 0.5) is 0 Å². The van der Waals surface area contributed by atoms with Crippen molar-refractivity contribution in [1.82, 2.24) is 0 Å². The molecule has 0 bridgehead atoms. The molecule has 0 aromatic heterocycles. The molecule has 4 aliphatic rings. The van der Waals surface area contributed by atoms with Gasteiger partial charge in [0, 0.05) is 5.41 Å². The zero-order valence-corrected chi connectivity index (χ0v) is 44.7. The van der Waals surface area contributed by atoms with E-state index in [-0.39, 0.29) is 5.41 Å². The van der Waals surface area contributed by atoms with Crippen LogP contribution in [0.5, 0.6) is 0 Å². The monoisotopic (exact) mass is 941 g/mol. The molecule has 72 heavy (non-hydrogen) atoms. The zero-order valence-electron chi connectivity index (χ0n) is 44.7. The lowest BCUT2D eigenvalue weighted by Gasteiger charge is -2.28. The summed E-state index contributed by atoms with van der Waals surface area (Å²) in [6.07, 6.45) is 23.4. The van der Waals surface area contributed by atoms with E-state index >= 15 is 0 Å². The number of aryl methyl sites for hydroxylation is 4. The lowest BCUT2D eigenvalue weighted by Crippen LogP contribution is -2.17. The Morgan fingerprint density at radius 1 is 0.611 bits per heavy atom. The average Bonchev–Trinajstić information content (AvgIpc) is 3.50. The fraction of sp³-hybridized carbons (Fsp3) is 0.278. The molecule has 0 saturated heterocycles.